The number of fused-ring (bicyclic) bond motifs is 2. The number of aromatic hydroxyl groups is 1. The van der Waals surface area contributed by atoms with Crippen molar-refractivity contribution in [1.29, 1.82) is 0 Å². The van der Waals surface area contributed by atoms with E-state index in [2.05, 4.69) is 13.2 Å². The van der Waals surface area contributed by atoms with Crippen LogP contribution < -0.4 is 14.2 Å². The van der Waals surface area contributed by atoms with Gasteiger partial charge in [0, 0.05) is 22.8 Å². The molecule has 0 aromatic heterocycles. The summed E-state index contributed by atoms with van der Waals surface area (Å²) in [6.45, 7) is 7.95. The van der Waals surface area contributed by atoms with Gasteiger partial charge in [-0.15, -0.1) is 6.58 Å². The van der Waals surface area contributed by atoms with Crippen molar-refractivity contribution in [2.75, 3.05) is 20.8 Å². The molecule has 4 rings (SSSR count). The third-order valence-corrected chi connectivity index (χ3v) is 4.95. The topological polar surface area (TPSA) is 101 Å². The smallest absolute Gasteiger partial charge is 0.339 e. The summed E-state index contributed by atoms with van der Waals surface area (Å²) in [5, 5.41) is 10.0. The van der Waals surface area contributed by atoms with Crippen LogP contribution in [0.4, 0.5) is 0 Å². The number of methoxy groups -OCH3 is 2. The second-order valence-electron chi connectivity index (χ2n) is 6.83. The highest BCUT2D eigenvalue weighted by molar-refractivity contribution is 5.95. The number of carbonyl (C=O) groups is 2. The van der Waals surface area contributed by atoms with E-state index in [1.54, 1.807) is 37.5 Å². The fourth-order valence-corrected chi connectivity index (χ4v) is 3.36. The van der Waals surface area contributed by atoms with E-state index in [1.807, 2.05) is 0 Å². The number of cyclic esters (lactones) is 2. The molecule has 0 aliphatic carbocycles. The first-order valence-corrected chi connectivity index (χ1v) is 9.76. The average Bonchev–Trinajstić information content (AvgIpc) is 3.37. The molecule has 2 aromatic carbocycles. The van der Waals surface area contributed by atoms with Crippen molar-refractivity contribution in [3.63, 3.8) is 0 Å². The Morgan fingerprint density at radius 1 is 0.938 bits per heavy atom. The summed E-state index contributed by atoms with van der Waals surface area (Å²) in [4.78, 5) is 22.8. The van der Waals surface area contributed by atoms with E-state index in [-0.39, 0.29) is 24.9 Å². The van der Waals surface area contributed by atoms with E-state index >= 15 is 0 Å². The monoisotopic (exact) mass is 440 g/mol. The minimum atomic E-state index is -0.422. The van der Waals surface area contributed by atoms with Crippen LogP contribution >= 0.6 is 0 Å². The lowest BCUT2D eigenvalue weighted by Gasteiger charge is -2.11. The quantitative estimate of drug-likeness (QED) is 0.514. The Bertz CT molecular complexity index is 1070. The van der Waals surface area contributed by atoms with Crippen LogP contribution in [0.15, 0.2) is 43.5 Å². The molecule has 1 N–H and O–H groups in total. The molecule has 32 heavy (non-hydrogen) atoms. The second kappa shape index (κ2) is 9.91. The van der Waals surface area contributed by atoms with E-state index < -0.39 is 5.97 Å². The molecule has 0 unspecified atom stereocenters. The molecule has 2 aliphatic heterocycles. The van der Waals surface area contributed by atoms with Gasteiger partial charge in [0.05, 0.1) is 25.3 Å². The van der Waals surface area contributed by atoms with Crippen molar-refractivity contribution in [3.05, 3.63) is 71.3 Å². The molecule has 2 heterocycles. The minimum absolute atomic E-state index is 0.0695. The largest absolute Gasteiger partial charge is 0.507 e. The zero-order valence-electron chi connectivity index (χ0n) is 17.9. The number of carbonyl (C=O) groups excluding carboxylic acids is 2. The number of phenols is 1. The first-order valence-electron chi connectivity index (χ1n) is 9.76. The van der Waals surface area contributed by atoms with Gasteiger partial charge in [0.25, 0.3) is 0 Å². The number of ether oxygens (including phenoxy) is 5. The normalized spacial score (nSPS) is 13.1. The molecule has 0 bridgehead atoms. The predicted octanol–water partition coefficient (Wildman–Crippen LogP) is 3.73. The van der Waals surface area contributed by atoms with Crippen LogP contribution in [-0.2, 0) is 29.1 Å². The fraction of sp³-hybridized carbons (Fsp3) is 0.250. The van der Waals surface area contributed by atoms with Crippen molar-refractivity contribution in [2.45, 2.75) is 19.6 Å². The molecule has 2 aliphatic rings. The summed E-state index contributed by atoms with van der Waals surface area (Å²) < 4.78 is 25.5. The maximum atomic E-state index is 11.4. The Labute approximate surface area is 185 Å². The number of hydrogen-bond acceptors (Lipinski definition) is 8. The molecular formula is C24H24O8. The van der Waals surface area contributed by atoms with Crippen LogP contribution in [0.5, 0.6) is 23.0 Å². The highest BCUT2D eigenvalue weighted by Gasteiger charge is 2.28. The second-order valence-corrected chi connectivity index (χ2v) is 6.83. The number of allylic oxidation sites excluding steroid dienone is 1. The zero-order chi connectivity index (χ0) is 23.3. The van der Waals surface area contributed by atoms with Crippen molar-refractivity contribution in [3.8, 4) is 23.0 Å². The number of hydrogen-bond donors (Lipinski definition) is 1. The first-order chi connectivity index (χ1) is 15.4. The number of esters is 2. The van der Waals surface area contributed by atoms with E-state index in [9.17, 15) is 14.7 Å². The standard InChI is InChI=1S/2C12H12O4/c1-3-4-15-11-6-8(14-2)5-9-10(11)7-16-12(9)13;1-3-4-7-10(15-2)5-8-9(11(7)13)6-16-12(8)14/h3,5-6H,1,4,7H2,2H3;3,5,13H,1,4,6H2,2H3. The van der Waals surface area contributed by atoms with Crippen LogP contribution in [0.25, 0.3) is 0 Å². The number of benzene rings is 2. The van der Waals surface area contributed by atoms with Crippen molar-refractivity contribution in [1.82, 2.24) is 0 Å². The van der Waals surface area contributed by atoms with Gasteiger partial charge in [-0.3, -0.25) is 0 Å². The zero-order valence-corrected chi connectivity index (χ0v) is 17.9. The third-order valence-electron chi connectivity index (χ3n) is 4.95. The number of phenolic OH excluding ortho intramolecular Hbond substituents is 1. The van der Waals surface area contributed by atoms with Crippen LogP contribution in [0.2, 0.25) is 0 Å². The first kappa shape index (κ1) is 22.7. The summed E-state index contributed by atoms with van der Waals surface area (Å²) >= 11 is 0. The molecule has 0 spiro atoms. The lowest BCUT2D eigenvalue weighted by Crippen LogP contribution is -1.99. The van der Waals surface area contributed by atoms with Crippen molar-refractivity contribution in [2.24, 2.45) is 0 Å². The Kier molecular flexibility index (Phi) is 7.04. The highest BCUT2D eigenvalue weighted by Crippen LogP contribution is 2.38. The molecule has 0 fully saturated rings. The van der Waals surface area contributed by atoms with Crippen molar-refractivity contribution < 1.29 is 38.4 Å². The van der Waals surface area contributed by atoms with Gasteiger partial charge in [0.2, 0.25) is 0 Å². The Morgan fingerprint density at radius 3 is 2.19 bits per heavy atom. The van der Waals surface area contributed by atoms with Gasteiger partial charge in [-0.2, -0.15) is 0 Å². The van der Waals surface area contributed by atoms with Crippen LogP contribution in [0, 0.1) is 0 Å². The van der Waals surface area contributed by atoms with Gasteiger partial charge >= 0.3 is 11.9 Å². The molecule has 168 valence electrons. The minimum Gasteiger partial charge on any atom is -0.507 e. The third kappa shape index (κ3) is 4.39. The maximum Gasteiger partial charge on any atom is 0.339 e. The average molecular weight is 440 g/mol. The van der Waals surface area contributed by atoms with Gasteiger partial charge in [0.1, 0.15) is 42.8 Å². The Morgan fingerprint density at radius 2 is 1.59 bits per heavy atom. The molecular weight excluding hydrogens is 416 g/mol. The summed E-state index contributed by atoms with van der Waals surface area (Å²) in [5.41, 5.74) is 2.82. The van der Waals surface area contributed by atoms with Gasteiger partial charge in [-0.05, 0) is 18.6 Å². The fourth-order valence-electron chi connectivity index (χ4n) is 3.36. The van der Waals surface area contributed by atoms with Gasteiger partial charge < -0.3 is 28.8 Å². The molecule has 8 heteroatoms. The highest BCUT2D eigenvalue weighted by atomic mass is 16.5. The van der Waals surface area contributed by atoms with Crippen LogP contribution in [-0.4, -0.2) is 37.9 Å². The molecule has 0 saturated heterocycles. The summed E-state index contributed by atoms with van der Waals surface area (Å²) in [7, 11) is 3.04. The SMILES string of the molecule is C=CCOc1cc(OC)cc2c1COC2=O.C=CCc1c(OC)cc2c(c1O)COC2=O. The predicted molar refractivity (Wildman–Crippen MR) is 115 cm³/mol. The van der Waals surface area contributed by atoms with E-state index in [0.717, 1.165) is 5.56 Å². The van der Waals surface area contributed by atoms with E-state index in [1.165, 1.54) is 7.11 Å². The van der Waals surface area contributed by atoms with Crippen LogP contribution in [0.1, 0.15) is 37.4 Å². The van der Waals surface area contributed by atoms with Gasteiger partial charge in [-0.1, -0.05) is 18.7 Å². The number of rotatable bonds is 7. The summed E-state index contributed by atoms with van der Waals surface area (Å²) in [6.07, 6.45) is 3.79. The molecule has 0 atom stereocenters. The summed E-state index contributed by atoms with van der Waals surface area (Å²) in [6, 6.07) is 5.00. The summed E-state index contributed by atoms with van der Waals surface area (Å²) in [5.74, 6) is 0.984. The van der Waals surface area contributed by atoms with Gasteiger partial charge in [0.15, 0.2) is 0 Å². The molecule has 2 aromatic rings. The van der Waals surface area contributed by atoms with Crippen LogP contribution in [0.3, 0.4) is 0 Å². The lowest BCUT2D eigenvalue weighted by molar-refractivity contribution is 0.0525. The maximum absolute atomic E-state index is 11.4. The molecule has 0 radical (unpaired) electrons. The molecule has 0 saturated carbocycles. The van der Waals surface area contributed by atoms with Crippen molar-refractivity contribution >= 4 is 11.9 Å². The Balaban J connectivity index is 0.000000181. The molecule has 8 nitrogen and oxygen atoms in total. The van der Waals surface area contributed by atoms with E-state index in [4.69, 9.17) is 23.7 Å². The van der Waals surface area contributed by atoms with Gasteiger partial charge in [-0.25, -0.2) is 9.59 Å². The lowest BCUT2D eigenvalue weighted by atomic mass is 10.0. The Hall–Kier alpha value is -3.94. The van der Waals surface area contributed by atoms with E-state index in [0.29, 0.717) is 52.5 Å². The molecule has 0 amide bonds.